The van der Waals surface area contributed by atoms with Crippen LogP contribution in [-0.4, -0.2) is 22.9 Å². The Morgan fingerprint density at radius 3 is 2.24 bits per heavy atom. The van der Waals surface area contributed by atoms with Gasteiger partial charge in [-0.3, -0.25) is 15.0 Å². The van der Waals surface area contributed by atoms with Gasteiger partial charge in [-0.15, -0.1) is 0 Å². The lowest BCUT2D eigenvalue weighted by molar-refractivity contribution is -0.384. The number of nitro groups is 1. The SMILES string of the molecule is CCN(CCc1ccc([N+](=O)[O-])cc1)Cc1ccccc1. The predicted molar refractivity (Wildman–Crippen MR) is 84.2 cm³/mol. The van der Waals surface area contributed by atoms with Gasteiger partial charge in [-0.25, -0.2) is 0 Å². The third-order valence-electron chi connectivity index (χ3n) is 3.56. The highest BCUT2D eigenvalue weighted by molar-refractivity contribution is 5.32. The molecule has 0 saturated carbocycles. The van der Waals surface area contributed by atoms with Crippen LogP contribution in [0.25, 0.3) is 0 Å². The summed E-state index contributed by atoms with van der Waals surface area (Å²) in [4.78, 5) is 12.6. The molecule has 0 heterocycles. The molecule has 21 heavy (non-hydrogen) atoms. The first-order chi connectivity index (χ1) is 10.2. The minimum Gasteiger partial charge on any atom is -0.299 e. The summed E-state index contributed by atoms with van der Waals surface area (Å²) < 4.78 is 0. The molecule has 0 amide bonds. The highest BCUT2D eigenvalue weighted by Gasteiger charge is 2.06. The van der Waals surface area contributed by atoms with Gasteiger partial charge in [-0.1, -0.05) is 49.4 Å². The van der Waals surface area contributed by atoms with Gasteiger partial charge in [0.1, 0.15) is 0 Å². The first-order valence-corrected chi connectivity index (χ1v) is 7.18. The van der Waals surface area contributed by atoms with E-state index in [1.54, 1.807) is 12.1 Å². The molecule has 0 fully saturated rings. The fraction of sp³-hybridized carbons (Fsp3) is 0.294. The van der Waals surface area contributed by atoms with E-state index >= 15 is 0 Å². The van der Waals surface area contributed by atoms with E-state index < -0.39 is 0 Å². The van der Waals surface area contributed by atoms with Crippen molar-refractivity contribution in [3.8, 4) is 0 Å². The number of benzene rings is 2. The number of non-ortho nitro benzene ring substituents is 1. The molecule has 0 aliphatic carbocycles. The van der Waals surface area contributed by atoms with E-state index in [2.05, 4.69) is 36.1 Å². The fourth-order valence-corrected chi connectivity index (χ4v) is 2.26. The van der Waals surface area contributed by atoms with E-state index in [4.69, 9.17) is 0 Å². The number of nitrogens with zero attached hydrogens (tertiary/aromatic N) is 2. The molecular weight excluding hydrogens is 264 g/mol. The molecule has 2 aromatic carbocycles. The zero-order valence-corrected chi connectivity index (χ0v) is 12.2. The smallest absolute Gasteiger partial charge is 0.269 e. The Hall–Kier alpha value is -2.20. The topological polar surface area (TPSA) is 46.4 Å². The summed E-state index contributed by atoms with van der Waals surface area (Å²) in [5.74, 6) is 0. The first-order valence-electron chi connectivity index (χ1n) is 7.18. The van der Waals surface area contributed by atoms with Crippen molar-refractivity contribution in [2.45, 2.75) is 19.9 Å². The number of hydrogen-bond acceptors (Lipinski definition) is 3. The molecule has 0 saturated heterocycles. The average Bonchev–Trinajstić information content (AvgIpc) is 2.52. The zero-order valence-electron chi connectivity index (χ0n) is 12.2. The van der Waals surface area contributed by atoms with Crippen molar-refractivity contribution < 1.29 is 4.92 Å². The standard InChI is InChI=1S/C17H20N2O2/c1-2-18(14-16-6-4-3-5-7-16)13-12-15-8-10-17(11-9-15)19(20)21/h3-11H,2,12-14H2,1H3. The monoisotopic (exact) mass is 284 g/mol. The summed E-state index contributed by atoms with van der Waals surface area (Å²) in [6.45, 7) is 5.02. The molecule has 0 aromatic heterocycles. The van der Waals surface area contributed by atoms with Crippen molar-refractivity contribution in [3.05, 3.63) is 75.8 Å². The average molecular weight is 284 g/mol. The molecule has 2 rings (SSSR count). The van der Waals surface area contributed by atoms with Crippen LogP contribution in [0.4, 0.5) is 5.69 Å². The van der Waals surface area contributed by atoms with Crippen molar-refractivity contribution >= 4 is 5.69 Å². The van der Waals surface area contributed by atoms with Crippen LogP contribution >= 0.6 is 0 Å². The number of hydrogen-bond donors (Lipinski definition) is 0. The maximum Gasteiger partial charge on any atom is 0.269 e. The van der Waals surface area contributed by atoms with Crippen molar-refractivity contribution in [2.24, 2.45) is 0 Å². The van der Waals surface area contributed by atoms with Gasteiger partial charge in [-0.05, 0) is 24.1 Å². The molecule has 0 unspecified atom stereocenters. The normalized spacial score (nSPS) is 10.8. The van der Waals surface area contributed by atoms with Crippen molar-refractivity contribution in [1.82, 2.24) is 4.90 Å². The van der Waals surface area contributed by atoms with Crippen LogP contribution in [0.1, 0.15) is 18.1 Å². The molecule has 0 N–H and O–H groups in total. The van der Waals surface area contributed by atoms with Crippen LogP contribution in [-0.2, 0) is 13.0 Å². The van der Waals surface area contributed by atoms with Crippen LogP contribution in [0.5, 0.6) is 0 Å². The first kappa shape index (κ1) is 15.2. The molecule has 0 radical (unpaired) electrons. The van der Waals surface area contributed by atoms with Crippen LogP contribution in [0.15, 0.2) is 54.6 Å². The van der Waals surface area contributed by atoms with E-state index in [0.717, 1.165) is 31.6 Å². The van der Waals surface area contributed by atoms with Gasteiger partial charge in [-0.2, -0.15) is 0 Å². The van der Waals surface area contributed by atoms with Gasteiger partial charge >= 0.3 is 0 Å². The quantitative estimate of drug-likeness (QED) is 0.576. The Kier molecular flexibility index (Phi) is 5.46. The summed E-state index contributed by atoms with van der Waals surface area (Å²) >= 11 is 0. The number of nitro benzene ring substituents is 1. The van der Waals surface area contributed by atoms with E-state index in [9.17, 15) is 10.1 Å². The summed E-state index contributed by atoms with van der Waals surface area (Å²) in [6, 6.07) is 17.2. The molecule has 4 heteroatoms. The van der Waals surface area contributed by atoms with Gasteiger partial charge < -0.3 is 0 Å². The minimum atomic E-state index is -0.364. The minimum absolute atomic E-state index is 0.149. The second kappa shape index (κ2) is 7.55. The molecule has 0 spiro atoms. The second-order valence-corrected chi connectivity index (χ2v) is 5.03. The molecule has 2 aromatic rings. The lowest BCUT2D eigenvalue weighted by atomic mass is 10.1. The van der Waals surface area contributed by atoms with E-state index in [1.807, 2.05) is 18.2 Å². The molecule has 0 aliphatic heterocycles. The third kappa shape index (κ3) is 4.68. The summed E-state index contributed by atoms with van der Waals surface area (Å²) in [5.41, 5.74) is 2.59. The van der Waals surface area contributed by atoms with Gasteiger partial charge in [0.05, 0.1) is 4.92 Å². The van der Waals surface area contributed by atoms with Crippen LogP contribution < -0.4 is 0 Å². The van der Waals surface area contributed by atoms with Gasteiger partial charge in [0.15, 0.2) is 0 Å². The molecule has 110 valence electrons. The van der Waals surface area contributed by atoms with Gasteiger partial charge in [0, 0.05) is 25.2 Å². The predicted octanol–water partition coefficient (Wildman–Crippen LogP) is 3.66. The maximum atomic E-state index is 10.6. The Morgan fingerprint density at radius 2 is 1.67 bits per heavy atom. The molecule has 0 bridgehead atoms. The number of rotatable bonds is 7. The van der Waals surface area contributed by atoms with E-state index in [-0.39, 0.29) is 10.6 Å². The van der Waals surface area contributed by atoms with Crippen molar-refractivity contribution in [1.29, 1.82) is 0 Å². The Balaban J connectivity index is 1.89. The third-order valence-corrected chi connectivity index (χ3v) is 3.56. The van der Waals surface area contributed by atoms with Gasteiger partial charge in [0.2, 0.25) is 0 Å². The fourth-order valence-electron chi connectivity index (χ4n) is 2.26. The van der Waals surface area contributed by atoms with Crippen LogP contribution in [0.3, 0.4) is 0 Å². The second-order valence-electron chi connectivity index (χ2n) is 5.03. The highest BCUT2D eigenvalue weighted by Crippen LogP contribution is 2.13. The molecule has 4 nitrogen and oxygen atoms in total. The van der Waals surface area contributed by atoms with E-state index in [0.29, 0.717) is 0 Å². The van der Waals surface area contributed by atoms with Crippen LogP contribution in [0.2, 0.25) is 0 Å². The Bertz CT molecular complexity index is 567. The lowest BCUT2D eigenvalue weighted by Gasteiger charge is -2.20. The summed E-state index contributed by atoms with van der Waals surface area (Å²) in [6.07, 6.45) is 0.901. The number of likely N-dealkylation sites (N-methyl/N-ethyl adjacent to an activating group) is 1. The zero-order chi connectivity index (χ0) is 15.1. The molecule has 0 aliphatic rings. The molecular formula is C17H20N2O2. The van der Waals surface area contributed by atoms with Crippen molar-refractivity contribution in [3.63, 3.8) is 0 Å². The Morgan fingerprint density at radius 1 is 1.00 bits per heavy atom. The molecule has 0 atom stereocenters. The maximum absolute atomic E-state index is 10.6. The Labute approximate surface area is 125 Å². The highest BCUT2D eigenvalue weighted by atomic mass is 16.6. The van der Waals surface area contributed by atoms with Crippen LogP contribution in [0, 0.1) is 10.1 Å². The largest absolute Gasteiger partial charge is 0.299 e. The van der Waals surface area contributed by atoms with Gasteiger partial charge in [0.25, 0.3) is 5.69 Å². The summed E-state index contributed by atoms with van der Waals surface area (Å²) in [5, 5.41) is 10.6. The lowest BCUT2D eigenvalue weighted by Crippen LogP contribution is -2.25. The summed E-state index contributed by atoms with van der Waals surface area (Å²) in [7, 11) is 0. The van der Waals surface area contributed by atoms with Crippen molar-refractivity contribution in [2.75, 3.05) is 13.1 Å². The van der Waals surface area contributed by atoms with E-state index in [1.165, 1.54) is 5.56 Å².